The van der Waals surface area contributed by atoms with Gasteiger partial charge in [0.1, 0.15) is 0 Å². The van der Waals surface area contributed by atoms with Crippen molar-refractivity contribution in [2.45, 2.75) is 38.7 Å². The Balaban J connectivity index is 3.50. The molecule has 0 rings (SSSR count). The summed E-state index contributed by atoms with van der Waals surface area (Å²) >= 11 is 0. The Morgan fingerprint density at radius 2 is 2.17 bits per heavy atom. The van der Waals surface area contributed by atoms with Gasteiger partial charge in [0.2, 0.25) is 5.91 Å². The van der Waals surface area contributed by atoms with E-state index in [0.717, 1.165) is 19.3 Å². The van der Waals surface area contributed by atoms with E-state index in [-0.39, 0.29) is 12.0 Å². The van der Waals surface area contributed by atoms with Gasteiger partial charge in [-0.15, -0.1) is 0 Å². The summed E-state index contributed by atoms with van der Waals surface area (Å²) in [6, 6.07) is 0. The van der Waals surface area contributed by atoms with E-state index >= 15 is 0 Å². The van der Waals surface area contributed by atoms with Crippen LogP contribution in [0.15, 0.2) is 0 Å². The number of hydrogen-bond donors (Lipinski definition) is 1. The third kappa shape index (κ3) is 5.13. The predicted octanol–water partition coefficient (Wildman–Crippen LogP) is 1.33. The molecule has 0 spiro atoms. The molecule has 0 aromatic heterocycles. The van der Waals surface area contributed by atoms with Crippen molar-refractivity contribution in [2.24, 2.45) is 0 Å². The molecule has 1 amide bonds. The van der Waals surface area contributed by atoms with Gasteiger partial charge in [-0.05, 0) is 12.8 Å². The van der Waals surface area contributed by atoms with Crippen LogP contribution in [0.5, 0.6) is 0 Å². The third-order valence-electron chi connectivity index (χ3n) is 1.92. The lowest BCUT2D eigenvalue weighted by Crippen LogP contribution is -2.20. The van der Waals surface area contributed by atoms with Gasteiger partial charge >= 0.3 is 0 Å². The molecule has 0 aliphatic carbocycles. The van der Waals surface area contributed by atoms with Gasteiger partial charge in [-0.2, -0.15) is 0 Å². The maximum Gasteiger partial charge on any atom is 0.219 e. The zero-order chi connectivity index (χ0) is 9.40. The van der Waals surface area contributed by atoms with E-state index in [4.69, 9.17) is 4.74 Å². The quantitative estimate of drug-likeness (QED) is 0.658. The first-order chi connectivity index (χ1) is 5.74. The summed E-state index contributed by atoms with van der Waals surface area (Å²) in [5.74, 6) is 0.0909. The van der Waals surface area contributed by atoms with E-state index in [1.807, 2.05) is 0 Å². The van der Waals surface area contributed by atoms with Gasteiger partial charge in [0.15, 0.2) is 0 Å². The minimum atomic E-state index is 0.0909. The first-order valence-corrected chi connectivity index (χ1v) is 4.48. The first-order valence-electron chi connectivity index (χ1n) is 4.48. The van der Waals surface area contributed by atoms with E-state index in [0.29, 0.717) is 6.42 Å². The molecule has 1 atom stereocenters. The summed E-state index contributed by atoms with van der Waals surface area (Å²) < 4.78 is 5.21. The lowest BCUT2D eigenvalue weighted by Gasteiger charge is -2.12. The fourth-order valence-electron chi connectivity index (χ4n) is 1.12. The molecular formula is C9H19NO2. The van der Waals surface area contributed by atoms with Gasteiger partial charge < -0.3 is 10.1 Å². The van der Waals surface area contributed by atoms with Crippen molar-refractivity contribution in [3.8, 4) is 0 Å². The highest BCUT2D eigenvalue weighted by atomic mass is 16.5. The van der Waals surface area contributed by atoms with Crippen LogP contribution in [0.1, 0.15) is 32.6 Å². The van der Waals surface area contributed by atoms with Crippen LogP contribution in [0.4, 0.5) is 0 Å². The standard InChI is InChI=1S/C9H19NO2/c1-4-5-8(12-3)6-7-9(11)10-2/h8H,4-7H2,1-3H3,(H,10,11). The van der Waals surface area contributed by atoms with E-state index in [1.165, 1.54) is 0 Å². The molecule has 0 radical (unpaired) electrons. The topological polar surface area (TPSA) is 38.3 Å². The smallest absolute Gasteiger partial charge is 0.219 e. The fraction of sp³-hybridized carbons (Fsp3) is 0.889. The minimum absolute atomic E-state index is 0.0909. The molecule has 0 aliphatic rings. The molecule has 0 bridgehead atoms. The van der Waals surface area contributed by atoms with Crippen molar-refractivity contribution in [3.05, 3.63) is 0 Å². The number of carbonyl (C=O) groups is 1. The zero-order valence-electron chi connectivity index (χ0n) is 8.22. The zero-order valence-corrected chi connectivity index (χ0v) is 8.22. The van der Waals surface area contributed by atoms with Gasteiger partial charge in [0.05, 0.1) is 6.10 Å². The molecule has 0 aromatic rings. The van der Waals surface area contributed by atoms with Crippen molar-refractivity contribution < 1.29 is 9.53 Å². The molecular weight excluding hydrogens is 154 g/mol. The van der Waals surface area contributed by atoms with Gasteiger partial charge in [0, 0.05) is 20.6 Å². The molecule has 0 aliphatic heterocycles. The molecule has 0 saturated heterocycles. The Morgan fingerprint density at radius 1 is 1.50 bits per heavy atom. The Morgan fingerprint density at radius 3 is 2.58 bits per heavy atom. The molecule has 0 saturated carbocycles. The lowest BCUT2D eigenvalue weighted by atomic mass is 10.1. The van der Waals surface area contributed by atoms with E-state index in [2.05, 4.69) is 12.2 Å². The number of carbonyl (C=O) groups excluding carboxylic acids is 1. The summed E-state index contributed by atoms with van der Waals surface area (Å²) in [6.07, 6.45) is 3.77. The first kappa shape index (κ1) is 11.4. The summed E-state index contributed by atoms with van der Waals surface area (Å²) in [4.78, 5) is 10.9. The largest absolute Gasteiger partial charge is 0.381 e. The third-order valence-corrected chi connectivity index (χ3v) is 1.92. The van der Waals surface area contributed by atoms with Crippen molar-refractivity contribution in [1.29, 1.82) is 0 Å². The molecule has 0 fully saturated rings. The van der Waals surface area contributed by atoms with Crippen molar-refractivity contribution in [2.75, 3.05) is 14.2 Å². The second-order valence-electron chi connectivity index (χ2n) is 2.86. The molecule has 1 N–H and O–H groups in total. The molecule has 1 unspecified atom stereocenters. The van der Waals surface area contributed by atoms with E-state index in [1.54, 1.807) is 14.2 Å². The maximum absolute atomic E-state index is 10.9. The average molecular weight is 173 g/mol. The SMILES string of the molecule is CCCC(CCC(=O)NC)OC. The highest BCUT2D eigenvalue weighted by Gasteiger charge is 2.07. The molecule has 3 nitrogen and oxygen atoms in total. The summed E-state index contributed by atoms with van der Waals surface area (Å²) in [5.41, 5.74) is 0. The number of methoxy groups -OCH3 is 1. The maximum atomic E-state index is 10.9. The van der Waals surface area contributed by atoms with Crippen molar-refractivity contribution in [1.82, 2.24) is 5.32 Å². The highest BCUT2D eigenvalue weighted by Crippen LogP contribution is 2.07. The molecule has 3 heteroatoms. The van der Waals surface area contributed by atoms with Gasteiger partial charge in [-0.25, -0.2) is 0 Å². The molecule has 12 heavy (non-hydrogen) atoms. The van der Waals surface area contributed by atoms with E-state index in [9.17, 15) is 4.79 Å². The minimum Gasteiger partial charge on any atom is -0.381 e. The van der Waals surface area contributed by atoms with Crippen molar-refractivity contribution in [3.63, 3.8) is 0 Å². The average Bonchev–Trinajstić information content (AvgIpc) is 2.11. The van der Waals surface area contributed by atoms with Gasteiger partial charge in [-0.1, -0.05) is 13.3 Å². The lowest BCUT2D eigenvalue weighted by molar-refractivity contribution is -0.121. The van der Waals surface area contributed by atoms with Crippen LogP contribution in [0.2, 0.25) is 0 Å². The number of hydrogen-bond acceptors (Lipinski definition) is 2. The van der Waals surface area contributed by atoms with Crippen LogP contribution < -0.4 is 5.32 Å². The van der Waals surface area contributed by atoms with Gasteiger partial charge in [-0.3, -0.25) is 4.79 Å². The normalized spacial score (nSPS) is 12.6. The van der Waals surface area contributed by atoms with Gasteiger partial charge in [0.25, 0.3) is 0 Å². The summed E-state index contributed by atoms with van der Waals surface area (Å²) in [7, 11) is 3.36. The Hall–Kier alpha value is -0.570. The Bertz CT molecular complexity index is 126. The molecule has 0 heterocycles. The number of amides is 1. The molecule has 72 valence electrons. The van der Waals surface area contributed by atoms with Crippen LogP contribution in [0, 0.1) is 0 Å². The monoisotopic (exact) mass is 173 g/mol. The van der Waals surface area contributed by atoms with Crippen LogP contribution in [0.25, 0.3) is 0 Å². The molecule has 0 aromatic carbocycles. The summed E-state index contributed by atoms with van der Waals surface area (Å²) in [6.45, 7) is 2.12. The predicted molar refractivity (Wildman–Crippen MR) is 49.0 cm³/mol. The highest BCUT2D eigenvalue weighted by molar-refractivity contribution is 5.75. The Labute approximate surface area is 74.5 Å². The van der Waals surface area contributed by atoms with E-state index < -0.39 is 0 Å². The number of rotatable bonds is 6. The van der Waals surface area contributed by atoms with Crippen LogP contribution in [0.3, 0.4) is 0 Å². The van der Waals surface area contributed by atoms with Crippen LogP contribution >= 0.6 is 0 Å². The van der Waals surface area contributed by atoms with Crippen LogP contribution in [-0.4, -0.2) is 26.2 Å². The number of ether oxygens (including phenoxy) is 1. The Kier molecular flexibility index (Phi) is 6.76. The second kappa shape index (κ2) is 7.10. The van der Waals surface area contributed by atoms with Crippen molar-refractivity contribution >= 4 is 5.91 Å². The summed E-state index contributed by atoms with van der Waals surface area (Å²) in [5, 5.41) is 2.59. The fourth-order valence-corrected chi connectivity index (χ4v) is 1.12. The number of nitrogens with one attached hydrogen (secondary N) is 1. The second-order valence-corrected chi connectivity index (χ2v) is 2.86. The van der Waals surface area contributed by atoms with Crippen LogP contribution in [-0.2, 0) is 9.53 Å².